The monoisotopic (exact) mass is 485 g/mol. The zero-order valence-electron chi connectivity index (χ0n) is 19.4. The molecule has 0 saturated carbocycles. The first-order chi connectivity index (χ1) is 16.7. The number of likely N-dealkylation sites (tertiary alicyclic amines) is 1. The van der Waals surface area contributed by atoms with Crippen molar-refractivity contribution in [2.45, 2.75) is 44.5 Å². The predicted molar refractivity (Wildman–Crippen MR) is 124 cm³/mol. The van der Waals surface area contributed by atoms with Gasteiger partial charge >= 0.3 is 6.18 Å². The number of aliphatic hydroxyl groups is 1. The van der Waals surface area contributed by atoms with E-state index in [2.05, 4.69) is 29.9 Å². The molecule has 4 aromatic heterocycles. The molecule has 1 atom stereocenters. The van der Waals surface area contributed by atoms with Crippen LogP contribution in [0.3, 0.4) is 0 Å². The van der Waals surface area contributed by atoms with Crippen LogP contribution < -0.4 is 0 Å². The molecule has 1 aliphatic rings. The van der Waals surface area contributed by atoms with Crippen molar-refractivity contribution < 1.29 is 18.3 Å². The number of hydrogen-bond acceptors (Lipinski definition) is 6. The highest BCUT2D eigenvalue weighted by atomic mass is 19.4. The van der Waals surface area contributed by atoms with Crippen LogP contribution in [0.2, 0.25) is 0 Å². The fourth-order valence-corrected chi connectivity index (χ4v) is 4.89. The Morgan fingerprint density at radius 2 is 1.83 bits per heavy atom. The third-order valence-electron chi connectivity index (χ3n) is 6.93. The number of aromatic amines is 1. The Bertz CT molecular complexity index is 1310. The van der Waals surface area contributed by atoms with E-state index in [4.69, 9.17) is 0 Å². The summed E-state index contributed by atoms with van der Waals surface area (Å²) >= 11 is 0. The molecular weight excluding hydrogens is 459 g/mol. The minimum absolute atomic E-state index is 0.252. The maximum absolute atomic E-state index is 14.2. The van der Waals surface area contributed by atoms with Gasteiger partial charge in [0.05, 0.1) is 18.0 Å². The molecule has 4 aromatic rings. The van der Waals surface area contributed by atoms with Crippen LogP contribution in [0.5, 0.6) is 0 Å². The number of H-pyrrole nitrogens is 1. The van der Waals surface area contributed by atoms with Gasteiger partial charge in [-0.05, 0) is 51.9 Å². The number of nitrogens with one attached hydrogen (secondary N) is 1. The molecule has 0 spiro atoms. The zero-order chi connectivity index (χ0) is 24.8. The largest absolute Gasteiger partial charge is 0.421 e. The summed E-state index contributed by atoms with van der Waals surface area (Å²) in [5.74, 6) is -0.598. The number of halogens is 3. The van der Waals surface area contributed by atoms with Crippen LogP contribution in [0.15, 0.2) is 49.3 Å². The maximum atomic E-state index is 14.2. The number of pyridine rings is 2. The Kier molecular flexibility index (Phi) is 5.84. The second-order valence-electron chi connectivity index (χ2n) is 9.21. The van der Waals surface area contributed by atoms with Crippen molar-refractivity contribution in [3.63, 3.8) is 0 Å². The number of hydrogen-bond donors (Lipinski definition) is 2. The molecule has 5 heterocycles. The normalized spacial score (nSPS) is 17.8. The van der Waals surface area contributed by atoms with Crippen molar-refractivity contribution in [2.24, 2.45) is 5.92 Å². The zero-order valence-corrected chi connectivity index (χ0v) is 19.4. The lowest BCUT2D eigenvalue weighted by molar-refractivity contribution is -0.291. The van der Waals surface area contributed by atoms with Gasteiger partial charge in [-0.3, -0.25) is 0 Å². The lowest BCUT2D eigenvalue weighted by Gasteiger charge is -2.43. The Morgan fingerprint density at radius 1 is 1.06 bits per heavy atom. The molecule has 2 N–H and O–H groups in total. The molecule has 0 amide bonds. The first kappa shape index (κ1) is 23.4. The van der Waals surface area contributed by atoms with Crippen LogP contribution in [0.4, 0.5) is 13.2 Å². The van der Waals surface area contributed by atoms with E-state index >= 15 is 0 Å². The molecule has 35 heavy (non-hydrogen) atoms. The molecule has 0 radical (unpaired) electrons. The number of alkyl halides is 3. The van der Waals surface area contributed by atoms with Crippen LogP contribution in [0.25, 0.3) is 28.1 Å². The fourth-order valence-electron chi connectivity index (χ4n) is 4.89. The maximum Gasteiger partial charge on any atom is 0.421 e. The quantitative estimate of drug-likeness (QED) is 0.442. The molecule has 11 heteroatoms. The lowest BCUT2D eigenvalue weighted by atomic mass is 9.75. The number of fused-ring (bicyclic) bond motifs is 1. The predicted octanol–water partition coefficient (Wildman–Crippen LogP) is 4.08. The molecule has 8 nitrogen and oxygen atoms in total. The van der Waals surface area contributed by atoms with Gasteiger partial charge in [-0.25, -0.2) is 19.6 Å². The second kappa shape index (κ2) is 8.72. The van der Waals surface area contributed by atoms with E-state index in [-0.39, 0.29) is 24.4 Å². The van der Waals surface area contributed by atoms with Gasteiger partial charge in [-0.2, -0.15) is 18.3 Å². The van der Waals surface area contributed by atoms with Gasteiger partial charge in [0.1, 0.15) is 0 Å². The number of piperidine rings is 1. The average molecular weight is 486 g/mol. The molecule has 0 aliphatic carbocycles. The highest BCUT2D eigenvalue weighted by Gasteiger charge is 2.59. The average Bonchev–Trinajstić information content (AvgIpc) is 3.53. The minimum atomic E-state index is -4.82. The smallest absolute Gasteiger partial charge is 0.376 e. The van der Waals surface area contributed by atoms with Crippen LogP contribution in [0, 0.1) is 5.92 Å². The van der Waals surface area contributed by atoms with Gasteiger partial charge < -0.3 is 15.0 Å². The van der Waals surface area contributed by atoms with Crippen molar-refractivity contribution in [1.29, 1.82) is 0 Å². The van der Waals surface area contributed by atoms with Gasteiger partial charge in [0.2, 0.25) is 0 Å². The van der Waals surface area contributed by atoms with Crippen molar-refractivity contribution in [3.05, 3.63) is 54.9 Å². The van der Waals surface area contributed by atoms with Gasteiger partial charge in [0.25, 0.3) is 0 Å². The topological polar surface area (TPSA) is 95.8 Å². The lowest BCUT2D eigenvalue weighted by Crippen LogP contribution is -2.52. The molecule has 5 rings (SSSR count). The number of imidazole rings is 1. The van der Waals surface area contributed by atoms with Crippen molar-refractivity contribution in [1.82, 2.24) is 34.6 Å². The Balaban J connectivity index is 1.42. The summed E-state index contributed by atoms with van der Waals surface area (Å²) in [6, 6.07) is 4.83. The third kappa shape index (κ3) is 4.08. The van der Waals surface area contributed by atoms with Crippen LogP contribution >= 0.6 is 0 Å². The van der Waals surface area contributed by atoms with Gasteiger partial charge in [0.15, 0.2) is 17.1 Å². The summed E-state index contributed by atoms with van der Waals surface area (Å²) in [7, 11) is 0. The summed E-state index contributed by atoms with van der Waals surface area (Å²) in [6.45, 7) is 5.07. The van der Waals surface area contributed by atoms with Gasteiger partial charge in [0, 0.05) is 47.2 Å². The van der Waals surface area contributed by atoms with Gasteiger partial charge in [-0.1, -0.05) is 6.07 Å². The SMILES string of the molecule is CC(C)N1CCC(C(O)(c2ccc(-n3cc(-c4ccnc5nc[nH]c45)cn3)nc2)C(F)(F)F)CC1. The Hall–Kier alpha value is -3.31. The number of rotatable bonds is 5. The van der Waals surface area contributed by atoms with Crippen LogP contribution in [-0.4, -0.2) is 65.0 Å². The van der Waals surface area contributed by atoms with E-state index in [1.807, 2.05) is 19.9 Å². The van der Waals surface area contributed by atoms with E-state index in [1.165, 1.54) is 16.8 Å². The van der Waals surface area contributed by atoms with E-state index in [1.54, 1.807) is 24.9 Å². The Labute approximate surface area is 199 Å². The summed E-state index contributed by atoms with van der Waals surface area (Å²) in [4.78, 5) is 17.7. The van der Waals surface area contributed by atoms with E-state index in [0.29, 0.717) is 24.6 Å². The molecular formula is C24H26F3N7O. The standard InChI is InChI=1S/C24H26F3N7O/c1-15(2)33-9-6-17(7-10-33)23(35,24(25,26)27)18-3-4-20(29-12-18)34-13-16(11-32-34)19-5-8-28-22-21(19)30-14-31-22/h3-5,8,11-15,17,35H,6-7,9-10H2,1-2H3,(H,28,30,31). The minimum Gasteiger partial charge on any atom is -0.376 e. The first-order valence-electron chi connectivity index (χ1n) is 11.5. The molecule has 0 bridgehead atoms. The van der Waals surface area contributed by atoms with E-state index < -0.39 is 17.7 Å². The van der Waals surface area contributed by atoms with Crippen molar-refractivity contribution in [3.8, 4) is 16.9 Å². The Morgan fingerprint density at radius 3 is 2.49 bits per heavy atom. The molecule has 1 aliphatic heterocycles. The summed E-state index contributed by atoms with van der Waals surface area (Å²) in [6.07, 6.45) is 3.37. The van der Waals surface area contributed by atoms with Gasteiger partial charge in [-0.15, -0.1) is 0 Å². The number of aromatic nitrogens is 6. The molecule has 1 fully saturated rings. The number of nitrogens with zero attached hydrogens (tertiary/aromatic N) is 6. The van der Waals surface area contributed by atoms with Crippen molar-refractivity contribution in [2.75, 3.05) is 13.1 Å². The molecule has 1 saturated heterocycles. The summed E-state index contributed by atoms with van der Waals surface area (Å²) in [5, 5.41) is 15.4. The third-order valence-corrected chi connectivity index (χ3v) is 6.93. The van der Waals surface area contributed by atoms with Crippen LogP contribution in [-0.2, 0) is 5.60 Å². The first-order valence-corrected chi connectivity index (χ1v) is 11.5. The molecule has 1 unspecified atom stereocenters. The second-order valence-corrected chi connectivity index (χ2v) is 9.21. The summed E-state index contributed by atoms with van der Waals surface area (Å²) in [5.41, 5.74) is -0.263. The summed E-state index contributed by atoms with van der Waals surface area (Å²) < 4.78 is 44.2. The molecule has 184 valence electrons. The highest BCUT2D eigenvalue weighted by molar-refractivity contribution is 5.88. The van der Waals surface area contributed by atoms with E-state index in [9.17, 15) is 18.3 Å². The fraction of sp³-hybridized carbons (Fsp3) is 0.417. The van der Waals surface area contributed by atoms with Crippen LogP contribution in [0.1, 0.15) is 32.3 Å². The van der Waals surface area contributed by atoms with E-state index in [0.717, 1.165) is 22.8 Å². The highest BCUT2D eigenvalue weighted by Crippen LogP contribution is 2.48. The van der Waals surface area contributed by atoms with Crippen molar-refractivity contribution >= 4 is 11.2 Å². The molecule has 0 aromatic carbocycles.